The highest BCUT2D eigenvalue weighted by atomic mass is 16.7. The van der Waals surface area contributed by atoms with Crippen molar-refractivity contribution >= 4 is 5.91 Å². The number of amides is 1. The van der Waals surface area contributed by atoms with Crippen LogP contribution in [0.15, 0.2) is 60.8 Å². The van der Waals surface area contributed by atoms with Gasteiger partial charge in [-0.1, -0.05) is 222 Å². The van der Waals surface area contributed by atoms with E-state index in [4.69, 9.17) is 9.47 Å². The molecular formula is C55H99NO8. The van der Waals surface area contributed by atoms with Crippen LogP contribution < -0.4 is 5.32 Å². The molecule has 0 aromatic rings. The normalized spacial score (nSPS) is 20.5. The number of aliphatic hydroxyl groups is 5. The first-order chi connectivity index (χ1) is 31.3. The van der Waals surface area contributed by atoms with Crippen molar-refractivity contribution in [3.05, 3.63) is 60.8 Å². The molecule has 0 bridgehead atoms. The predicted molar refractivity (Wildman–Crippen MR) is 267 cm³/mol. The number of rotatable bonds is 44. The van der Waals surface area contributed by atoms with Gasteiger partial charge >= 0.3 is 0 Å². The second kappa shape index (κ2) is 44.7. The van der Waals surface area contributed by atoms with Crippen LogP contribution in [0.25, 0.3) is 0 Å². The summed E-state index contributed by atoms with van der Waals surface area (Å²) >= 11 is 0. The summed E-state index contributed by atoms with van der Waals surface area (Å²) in [6, 6.07) is -0.802. The van der Waals surface area contributed by atoms with E-state index in [0.29, 0.717) is 6.42 Å². The molecule has 1 amide bonds. The summed E-state index contributed by atoms with van der Waals surface area (Å²) in [4.78, 5) is 12.9. The fourth-order valence-corrected chi connectivity index (χ4v) is 8.15. The average Bonchev–Trinajstić information content (AvgIpc) is 3.29. The zero-order chi connectivity index (χ0) is 46.6. The van der Waals surface area contributed by atoms with Gasteiger partial charge < -0.3 is 40.3 Å². The maximum atomic E-state index is 12.9. The molecule has 1 rings (SSSR count). The lowest BCUT2D eigenvalue weighted by molar-refractivity contribution is -0.302. The van der Waals surface area contributed by atoms with Gasteiger partial charge in [0.1, 0.15) is 24.4 Å². The van der Waals surface area contributed by atoms with Gasteiger partial charge in [-0.2, -0.15) is 0 Å². The van der Waals surface area contributed by atoms with Crippen LogP contribution in [0.1, 0.15) is 226 Å². The largest absolute Gasteiger partial charge is 0.394 e. The van der Waals surface area contributed by atoms with Crippen molar-refractivity contribution in [2.24, 2.45) is 0 Å². The minimum Gasteiger partial charge on any atom is -0.394 e. The van der Waals surface area contributed by atoms with Crippen LogP contribution >= 0.6 is 0 Å². The number of carbonyl (C=O) groups excluding carboxylic acids is 1. The lowest BCUT2D eigenvalue weighted by Gasteiger charge is -2.40. The van der Waals surface area contributed by atoms with Crippen LogP contribution in [0.5, 0.6) is 0 Å². The third-order valence-corrected chi connectivity index (χ3v) is 12.3. The smallest absolute Gasteiger partial charge is 0.220 e. The number of ether oxygens (including phenoxy) is 2. The molecule has 9 heteroatoms. The van der Waals surface area contributed by atoms with E-state index in [2.05, 4.69) is 67.8 Å². The van der Waals surface area contributed by atoms with Crippen molar-refractivity contribution in [2.75, 3.05) is 13.2 Å². The molecule has 1 fully saturated rings. The van der Waals surface area contributed by atoms with Crippen LogP contribution in [0.3, 0.4) is 0 Å². The number of aliphatic hydroxyl groups excluding tert-OH is 5. The van der Waals surface area contributed by atoms with Gasteiger partial charge in [0.2, 0.25) is 5.91 Å². The lowest BCUT2D eigenvalue weighted by atomic mass is 9.99. The molecule has 0 radical (unpaired) electrons. The Balaban J connectivity index is 2.06. The molecule has 0 aromatic heterocycles. The molecule has 0 aliphatic carbocycles. The number of hydrogen-bond acceptors (Lipinski definition) is 8. The second-order valence-corrected chi connectivity index (χ2v) is 18.3. The number of carbonyl (C=O) groups is 1. The molecule has 1 aliphatic heterocycles. The molecule has 0 aromatic carbocycles. The van der Waals surface area contributed by atoms with Crippen molar-refractivity contribution in [3.63, 3.8) is 0 Å². The molecule has 1 aliphatic rings. The topological polar surface area (TPSA) is 149 Å². The fraction of sp³-hybridized carbons (Fsp3) is 0.800. The summed E-state index contributed by atoms with van der Waals surface area (Å²) in [5.74, 6) is -0.179. The molecule has 7 unspecified atom stereocenters. The molecule has 1 saturated heterocycles. The van der Waals surface area contributed by atoms with Gasteiger partial charge in [0, 0.05) is 6.42 Å². The van der Waals surface area contributed by atoms with Gasteiger partial charge in [0.15, 0.2) is 6.29 Å². The Bertz CT molecular complexity index is 1180. The van der Waals surface area contributed by atoms with Gasteiger partial charge in [-0.25, -0.2) is 0 Å². The Morgan fingerprint density at radius 3 is 1.44 bits per heavy atom. The molecule has 0 saturated carbocycles. The van der Waals surface area contributed by atoms with E-state index in [1.54, 1.807) is 6.08 Å². The minimum absolute atomic E-state index is 0.179. The Labute approximate surface area is 392 Å². The van der Waals surface area contributed by atoms with Gasteiger partial charge in [-0.15, -0.1) is 0 Å². The SMILES string of the molecule is CC/C=C\C/C=C\C/C=C\C/C=C\CCCCCCCCCCCCCCCCCCCCCCC(=O)NC(COC1OC(CO)C(O)C(O)C1O)C(O)/C=C/CCCCCCCC. The van der Waals surface area contributed by atoms with Crippen LogP contribution in [-0.4, -0.2) is 87.5 Å². The summed E-state index contributed by atoms with van der Waals surface area (Å²) in [7, 11) is 0. The van der Waals surface area contributed by atoms with Crippen LogP contribution in [0.4, 0.5) is 0 Å². The van der Waals surface area contributed by atoms with Crippen LogP contribution in [0.2, 0.25) is 0 Å². The fourth-order valence-electron chi connectivity index (χ4n) is 8.15. The van der Waals surface area contributed by atoms with Crippen molar-refractivity contribution < 1.29 is 39.8 Å². The zero-order valence-corrected chi connectivity index (χ0v) is 41.0. The monoisotopic (exact) mass is 902 g/mol. The van der Waals surface area contributed by atoms with E-state index in [1.165, 1.54) is 141 Å². The van der Waals surface area contributed by atoms with E-state index >= 15 is 0 Å². The zero-order valence-electron chi connectivity index (χ0n) is 41.0. The first kappa shape index (κ1) is 59.9. The van der Waals surface area contributed by atoms with E-state index in [-0.39, 0.29) is 12.5 Å². The lowest BCUT2D eigenvalue weighted by Crippen LogP contribution is -2.60. The maximum absolute atomic E-state index is 12.9. The molecule has 372 valence electrons. The number of nitrogens with one attached hydrogen (secondary N) is 1. The van der Waals surface area contributed by atoms with Crippen LogP contribution in [0, 0.1) is 0 Å². The Morgan fingerprint density at radius 1 is 0.547 bits per heavy atom. The Hall–Kier alpha value is -2.11. The summed E-state index contributed by atoms with van der Waals surface area (Å²) in [5, 5.41) is 54.1. The van der Waals surface area contributed by atoms with Crippen molar-refractivity contribution in [1.29, 1.82) is 0 Å². The Morgan fingerprint density at radius 2 is 0.969 bits per heavy atom. The van der Waals surface area contributed by atoms with E-state index in [9.17, 15) is 30.3 Å². The number of unbranched alkanes of at least 4 members (excludes halogenated alkanes) is 26. The highest BCUT2D eigenvalue weighted by Crippen LogP contribution is 2.23. The first-order valence-electron chi connectivity index (χ1n) is 26.5. The van der Waals surface area contributed by atoms with Crippen molar-refractivity contribution in [2.45, 2.75) is 269 Å². The molecule has 0 spiro atoms. The third kappa shape index (κ3) is 34.2. The Kier molecular flexibility index (Phi) is 41.9. The summed E-state index contributed by atoms with van der Waals surface area (Å²) in [6.45, 7) is 3.62. The quantitative estimate of drug-likeness (QED) is 0.0262. The molecule has 6 N–H and O–H groups in total. The summed E-state index contributed by atoms with van der Waals surface area (Å²) in [5.41, 5.74) is 0. The summed E-state index contributed by atoms with van der Waals surface area (Å²) in [6.07, 6.45) is 53.2. The van der Waals surface area contributed by atoms with E-state index in [1.807, 2.05) is 6.08 Å². The highest BCUT2D eigenvalue weighted by molar-refractivity contribution is 5.76. The van der Waals surface area contributed by atoms with Gasteiger partial charge in [0.05, 0.1) is 25.4 Å². The molecule has 7 atom stereocenters. The standard InChI is InChI=1S/C55H99NO8/c1-3-5-7-9-11-13-14-15-16-17-18-19-20-21-22-23-24-25-26-27-28-29-30-31-32-33-34-35-36-37-39-41-43-45-51(59)56-48(49(58)44-42-40-38-12-10-8-6-4-2)47-63-55-54(62)53(61)52(60)50(46-57)64-55/h5,7,11,13,15-16,18-19,42,44,48-50,52-55,57-58,60-62H,3-4,6,8-10,12,14,17,20-41,43,45-47H2,1-2H3,(H,56,59)/b7-5-,13-11-,16-15-,19-18-,44-42+. The highest BCUT2D eigenvalue weighted by Gasteiger charge is 2.44. The van der Waals surface area contributed by atoms with Crippen LogP contribution in [-0.2, 0) is 14.3 Å². The minimum atomic E-state index is -1.56. The predicted octanol–water partition coefficient (Wildman–Crippen LogP) is 12.3. The van der Waals surface area contributed by atoms with Crippen molar-refractivity contribution in [1.82, 2.24) is 5.32 Å². The first-order valence-corrected chi connectivity index (χ1v) is 26.5. The molecule has 9 nitrogen and oxygen atoms in total. The molecule has 1 heterocycles. The van der Waals surface area contributed by atoms with E-state index < -0.39 is 49.5 Å². The van der Waals surface area contributed by atoms with Crippen molar-refractivity contribution in [3.8, 4) is 0 Å². The third-order valence-electron chi connectivity index (χ3n) is 12.3. The van der Waals surface area contributed by atoms with E-state index in [0.717, 1.165) is 64.2 Å². The molecule has 64 heavy (non-hydrogen) atoms. The maximum Gasteiger partial charge on any atom is 0.220 e. The van der Waals surface area contributed by atoms with Gasteiger partial charge in [-0.05, 0) is 57.8 Å². The van der Waals surface area contributed by atoms with Gasteiger partial charge in [0.25, 0.3) is 0 Å². The summed E-state index contributed by atoms with van der Waals surface area (Å²) < 4.78 is 11.2. The molecular weight excluding hydrogens is 803 g/mol. The number of hydrogen-bond donors (Lipinski definition) is 6. The van der Waals surface area contributed by atoms with Gasteiger partial charge in [-0.3, -0.25) is 4.79 Å². The number of allylic oxidation sites excluding steroid dienone is 9. The average molecular weight is 902 g/mol. The second-order valence-electron chi connectivity index (χ2n) is 18.3.